The molecule has 3 rings (SSSR count). The summed E-state index contributed by atoms with van der Waals surface area (Å²) in [6, 6.07) is 12.4. The fourth-order valence-corrected chi connectivity index (χ4v) is 3.37. The summed E-state index contributed by atoms with van der Waals surface area (Å²) in [6.45, 7) is 3.69. The summed E-state index contributed by atoms with van der Waals surface area (Å²) in [6.07, 6.45) is 0. The highest BCUT2D eigenvalue weighted by Crippen LogP contribution is 2.53. The van der Waals surface area contributed by atoms with Crippen molar-refractivity contribution in [1.82, 2.24) is 0 Å². The van der Waals surface area contributed by atoms with Crippen molar-refractivity contribution in [3.63, 3.8) is 0 Å². The summed E-state index contributed by atoms with van der Waals surface area (Å²) in [5.74, 6) is 0.352. The summed E-state index contributed by atoms with van der Waals surface area (Å²) >= 11 is 12.5. The summed E-state index contributed by atoms with van der Waals surface area (Å²) in [4.78, 5) is 4.42. The van der Waals surface area contributed by atoms with E-state index in [0.29, 0.717) is 32.7 Å². The topological polar surface area (TPSA) is 58.6 Å². The maximum Gasteiger partial charge on any atom is 0.130 e. The molecule has 0 radical (unpaired) electrons. The fourth-order valence-electron chi connectivity index (χ4n) is 2.92. The van der Waals surface area contributed by atoms with Crippen molar-refractivity contribution >= 4 is 34.7 Å². The number of halogens is 2. The molecule has 22 heavy (non-hydrogen) atoms. The average molecular weight is 335 g/mol. The van der Waals surface area contributed by atoms with Gasteiger partial charge in [0.1, 0.15) is 11.4 Å². The van der Waals surface area contributed by atoms with E-state index in [0.717, 1.165) is 0 Å². The van der Waals surface area contributed by atoms with E-state index in [1.165, 1.54) is 0 Å². The Hall–Kier alpha value is -1.55. The van der Waals surface area contributed by atoms with Gasteiger partial charge >= 0.3 is 0 Å². The number of nitrogens with zero attached hydrogens (tertiary/aromatic N) is 1. The lowest BCUT2D eigenvalue weighted by Gasteiger charge is -2.46. The first-order chi connectivity index (χ1) is 10.3. The molecular weight excluding hydrogens is 319 g/mol. The zero-order valence-electron chi connectivity index (χ0n) is 12.3. The van der Waals surface area contributed by atoms with Crippen LogP contribution in [0, 0.1) is 5.41 Å². The maximum absolute atomic E-state index is 11.7. The Morgan fingerprint density at radius 3 is 2.41 bits per heavy atom. The number of aliphatic hydroxyl groups is 1. The van der Waals surface area contributed by atoms with E-state index in [1.807, 2.05) is 26.0 Å². The molecule has 5 heteroatoms. The van der Waals surface area contributed by atoms with Gasteiger partial charge in [0.25, 0.3) is 0 Å². The average Bonchev–Trinajstić information content (AvgIpc) is 2.47. The molecule has 2 aromatic carbocycles. The molecule has 1 heterocycles. The SMILES string of the molecule is CC1(C)C(N)=Nc2ccc(Cl)cc2C1(O)c1ccccc1Cl. The molecule has 114 valence electrons. The van der Waals surface area contributed by atoms with Crippen molar-refractivity contribution in [2.75, 3.05) is 0 Å². The van der Waals surface area contributed by atoms with Crippen LogP contribution in [0.1, 0.15) is 25.0 Å². The van der Waals surface area contributed by atoms with Crippen LogP contribution in [-0.2, 0) is 5.60 Å². The predicted molar refractivity (Wildman–Crippen MR) is 91.0 cm³/mol. The number of rotatable bonds is 1. The van der Waals surface area contributed by atoms with Gasteiger partial charge in [-0.25, -0.2) is 4.99 Å². The molecular formula is C17H16Cl2N2O. The van der Waals surface area contributed by atoms with Gasteiger partial charge in [-0.15, -0.1) is 0 Å². The molecule has 2 aromatic rings. The maximum atomic E-state index is 11.7. The fraction of sp³-hybridized carbons (Fsp3) is 0.235. The van der Waals surface area contributed by atoms with Crippen LogP contribution < -0.4 is 5.73 Å². The van der Waals surface area contributed by atoms with Gasteiger partial charge in [0.15, 0.2) is 0 Å². The zero-order valence-corrected chi connectivity index (χ0v) is 13.8. The van der Waals surface area contributed by atoms with Gasteiger partial charge in [0, 0.05) is 21.2 Å². The standard InChI is InChI=1S/C17H16Cl2N2O/c1-16(2)15(20)21-14-8-7-10(18)9-12(14)17(16,22)11-5-3-4-6-13(11)19/h3-9,22H,1-2H3,(H2,20,21). The number of nitrogens with two attached hydrogens (primary N) is 1. The molecule has 0 aliphatic carbocycles. The Balaban J connectivity index is 2.40. The highest BCUT2D eigenvalue weighted by molar-refractivity contribution is 6.32. The minimum Gasteiger partial charge on any atom is -0.387 e. The first-order valence-corrected chi connectivity index (χ1v) is 7.66. The number of hydrogen-bond acceptors (Lipinski definition) is 3. The number of benzene rings is 2. The second kappa shape index (κ2) is 4.98. The van der Waals surface area contributed by atoms with Crippen LogP contribution in [0.4, 0.5) is 5.69 Å². The molecule has 0 saturated heterocycles. The molecule has 0 bridgehead atoms. The van der Waals surface area contributed by atoms with Crippen LogP contribution >= 0.6 is 23.2 Å². The van der Waals surface area contributed by atoms with Gasteiger partial charge in [-0.3, -0.25) is 0 Å². The Morgan fingerprint density at radius 1 is 1.05 bits per heavy atom. The minimum atomic E-state index is -1.42. The number of fused-ring (bicyclic) bond motifs is 1. The van der Waals surface area contributed by atoms with Crippen LogP contribution in [0.3, 0.4) is 0 Å². The molecule has 1 unspecified atom stereocenters. The molecule has 0 spiro atoms. The van der Waals surface area contributed by atoms with E-state index in [-0.39, 0.29) is 0 Å². The molecule has 0 aromatic heterocycles. The van der Waals surface area contributed by atoms with Crippen LogP contribution in [-0.4, -0.2) is 10.9 Å². The third kappa shape index (κ3) is 1.97. The van der Waals surface area contributed by atoms with Gasteiger partial charge in [-0.2, -0.15) is 0 Å². The molecule has 0 fully saturated rings. The molecule has 3 N–H and O–H groups in total. The van der Waals surface area contributed by atoms with Gasteiger partial charge in [0.05, 0.1) is 11.1 Å². The lowest BCUT2D eigenvalue weighted by molar-refractivity contribution is -0.000285. The van der Waals surface area contributed by atoms with E-state index in [9.17, 15) is 5.11 Å². The van der Waals surface area contributed by atoms with Crippen molar-refractivity contribution in [2.24, 2.45) is 16.1 Å². The van der Waals surface area contributed by atoms with Crippen LogP contribution in [0.25, 0.3) is 0 Å². The van der Waals surface area contributed by atoms with Crippen molar-refractivity contribution in [3.05, 3.63) is 63.6 Å². The smallest absolute Gasteiger partial charge is 0.130 e. The van der Waals surface area contributed by atoms with Crippen LogP contribution in [0.15, 0.2) is 47.5 Å². The third-order valence-corrected chi connectivity index (χ3v) is 4.96. The summed E-state index contributed by atoms with van der Waals surface area (Å²) in [7, 11) is 0. The first-order valence-electron chi connectivity index (χ1n) is 6.90. The summed E-state index contributed by atoms with van der Waals surface area (Å²) in [5, 5.41) is 12.7. The molecule has 0 amide bonds. The number of aliphatic imine (C=N–C) groups is 1. The van der Waals surface area contributed by atoms with Crippen molar-refractivity contribution < 1.29 is 5.11 Å². The van der Waals surface area contributed by atoms with Crippen molar-refractivity contribution in [2.45, 2.75) is 19.4 Å². The van der Waals surface area contributed by atoms with E-state index >= 15 is 0 Å². The Labute approximate surface area is 139 Å². The summed E-state index contributed by atoms with van der Waals surface area (Å²) in [5.41, 5.74) is 5.68. The molecule has 1 atom stereocenters. The van der Waals surface area contributed by atoms with E-state index in [2.05, 4.69) is 4.99 Å². The van der Waals surface area contributed by atoms with Gasteiger partial charge in [0.2, 0.25) is 0 Å². The summed E-state index contributed by atoms with van der Waals surface area (Å²) < 4.78 is 0. The Morgan fingerprint density at radius 2 is 1.73 bits per heavy atom. The largest absolute Gasteiger partial charge is 0.387 e. The second-order valence-electron chi connectivity index (χ2n) is 5.97. The monoisotopic (exact) mass is 334 g/mol. The Bertz CT molecular complexity index is 786. The zero-order chi connectivity index (χ0) is 16.1. The van der Waals surface area contributed by atoms with Gasteiger partial charge < -0.3 is 10.8 Å². The first kappa shape index (κ1) is 15.3. The third-order valence-electron chi connectivity index (χ3n) is 4.40. The minimum absolute atomic E-state index is 0.352. The lowest BCUT2D eigenvalue weighted by atomic mass is 9.64. The lowest BCUT2D eigenvalue weighted by Crippen LogP contribution is -2.52. The normalized spacial score (nSPS) is 22.9. The van der Waals surface area contributed by atoms with Crippen LogP contribution in [0.2, 0.25) is 10.0 Å². The van der Waals surface area contributed by atoms with Crippen molar-refractivity contribution in [3.8, 4) is 0 Å². The van der Waals surface area contributed by atoms with Gasteiger partial charge in [-0.1, -0.05) is 41.4 Å². The van der Waals surface area contributed by atoms with Gasteiger partial charge in [-0.05, 0) is 38.1 Å². The molecule has 0 saturated carbocycles. The molecule has 1 aliphatic rings. The number of hydrogen-bond donors (Lipinski definition) is 2. The highest BCUT2D eigenvalue weighted by Gasteiger charge is 2.53. The second-order valence-corrected chi connectivity index (χ2v) is 6.82. The van der Waals surface area contributed by atoms with E-state index in [4.69, 9.17) is 28.9 Å². The highest BCUT2D eigenvalue weighted by atomic mass is 35.5. The molecule has 1 aliphatic heterocycles. The molecule has 3 nitrogen and oxygen atoms in total. The van der Waals surface area contributed by atoms with E-state index < -0.39 is 11.0 Å². The van der Waals surface area contributed by atoms with E-state index in [1.54, 1.807) is 30.3 Å². The quantitative estimate of drug-likeness (QED) is 0.818. The Kier molecular flexibility index (Phi) is 3.48. The van der Waals surface area contributed by atoms with Crippen molar-refractivity contribution in [1.29, 1.82) is 0 Å². The van der Waals surface area contributed by atoms with Crippen LogP contribution in [0.5, 0.6) is 0 Å². The predicted octanol–water partition coefficient (Wildman–Crippen LogP) is 4.26. The number of amidine groups is 1.